The molecule has 0 saturated carbocycles. The predicted octanol–water partition coefficient (Wildman–Crippen LogP) is 4.89. The number of hydrogen-bond donors (Lipinski definition) is 0. The molecule has 0 radical (unpaired) electrons. The van der Waals surface area contributed by atoms with E-state index in [-0.39, 0.29) is 6.10 Å². The molecular formula is C19H16F6N2O2. The van der Waals surface area contributed by atoms with E-state index in [4.69, 9.17) is 4.74 Å². The number of nitrogens with zero attached hydrogens (tertiary/aromatic N) is 2. The quantitative estimate of drug-likeness (QED) is 0.524. The molecule has 0 bridgehead atoms. The third-order valence-corrected chi connectivity index (χ3v) is 4.52. The van der Waals surface area contributed by atoms with Gasteiger partial charge in [-0.05, 0) is 36.4 Å². The summed E-state index contributed by atoms with van der Waals surface area (Å²) >= 11 is 0. The van der Waals surface area contributed by atoms with E-state index in [1.54, 1.807) is 0 Å². The van der Waals surface area contributed by atoms with Crippen LogP contribution in [-0.2, 0) is 6.18 Å². The van der Waals surface area contributed by atoms with Crippen molar-refractivity contribution in [2.24, 2.45) is 0 Å². The molecule has 1 aliphatic heterocycles. The summed E-state index contributed by atoms with van der Waals surface area (Å²) in [5, 5.41) is 0. The Hall–Kier alpha value is -2.78. The number of alkyl halides is 6. The maximum atomic E-state index is 12.6. The summed E-state index contributed by atoms with van der Waals surface area (Å²) in [7, 11) is 0. The lowest BCUT2D eigenvalue weighted by Crippen LogP contribution is -2.38. The SMILES string of the molecule is O=C(c1ccc(N2CCC(Oc3ccc(C(F)(F)F)cc3)CC2)nc1)C(F)(F)F. The number of ketones is 1. The van der Waals surface area contributed by atoms with Crippen molar-refractivity contribution in [1.82, 2.24) is 4.98 Å². The molecule has 0 aliphatic carbocycles. The first-order valence-corrected chi connectivity index (χ1v) is 8.70. The van der Waals surface area contributed by atoms with Crippen molar-refractivity contribution in [2.75, 3.05) is 18.0 Å². The number of ether oxygens (including phenoxy) is 1. The minimum Gasteiger partial charge on any atom is -0.490 e. The van der Waals surface area contributed by atoms with Gasteiger partial charge in [0, 0.05) is 37.7 Å². The summed E-state index contributed by atoms with van der Waals surface area (Å²) in [6, 6.07) is 6.90. The van der Waals surface area contributed by atoms with Gasteiger partial charge in [-0.15, -0.1) is 0 Å². The van der Waals surface area contributed by atoms with E-state index < -0.39 is 29.3 Å². The van der Waals surface area contributed by atoms with Crippen molar-refractivity contribution in [3.8, 4) is 5.75 Å². The van der Waals surface area contributed by atoms with Crippen LogP contribution in [0.5, 0.6) is 5.75 Å². The zero-order valence-electron chi connectivity index (χ0n) is 14.9. The molecule has 4 nitrogen and oxygen atoms in total. The second kappa shape index (κ2) is 7.92. The fourth-order valence-electron chi connectivity index (χ4n) is 2.99. The molecule has 0 N–H and O–H groups in total. The summed E-state index contributed by atoms with van der Waals surface area (Å²) < 4.78 is 80.8. The minimum absolute atomic E-state index is 0.200. The molecule has 2 heterocycles. The first kappa shape index (κ1) is 20.9. The number of carbonyl (C=O) groups is 1. The number of carbonyl (C=O) groups excluding carboxylic acids is 1. The molecule has 2 aromatic rings. The molecule has 0 atom stereocenters. The van der Waals surface area contributed by atoms with E-state index in [1.807, 2.05) is 4.90 Å². The largest absolute Gasteiger partial charge is 0.490 e. The van der Waals surface area contributed by atoms with Gasteiger partial charge >= 0.3 is 12.4 Å². The number of piperidine rings is 1. The standard InChI is InChI=1S/C19H16F6N2O2/c20-18(21,22)13-2-4-14(5-3-13)29-15-7-9-27(10-8-15)16-6-1-12(11-26-16)17(28)19(23,24)25/h1-6,11,15H,7-10H2. The van der Waals surface area contributed by atoms with Crippen LogP contribution in [0, 0.1) is 0 Å². The van der Waals surface area contributed by atoms with Crippen molar-refractivity contribution in [2.45, 2.75) is 31.3 Å². The summed E-state index contributed by atoms with van der Waals surface area (Å²) in [5.41, 5.74) is -1.28. The number of aromatic nitrogens is 1. The normalized spacial score (nSPS) is 16.0. The van der Waals surface area contributed by atoms with E-state index in [9.17, 15) is 31.1 Å². The molecule has 3 rings (SSSR count). The number of hydrogen-bond acceptors (Lipinski definition) is 4. The molecule has 1 saturated heterocycles. The first-order valence-electron chi connectivity index (χ1n) is 8.70. The zero-order chi connectivity index (χ0) is 21.2. The van der Waals surface area contributed by atoms with Crippen LogP contribution in [0.1, 0.15) is 28.8 Å². The van der Waals surface area contributed by atoms with E-state index in [0.29, 0.717) is 37.5 Å². The Balaban J connectivity index is 1.54. The Bertz CT molecular complexity index is 839. The van der Waals surface area contributed by atoms with E-state index in [1.165, 1.54) is 18.2 Å². The van der Waals surface area contributed by atoms with Gasteiger partial charge in [0.25, 0.3) is 5.78 Å². The highest BCUT2D eigenvalue weighted by Crippen LogP contribution is 2.31. The van der Waals surface area contributed by atoms with E-state index >= 15 is 0 Å². The van der Waals surface area contributed by atoms with Crippen molar-refractivity contribution < 1.29 is 35.9 Å². The van der Waals surface area contributed by atoms with Gasteiger partial charge in [-0.2, -0.15) is 26.3 Å². The summed E-state index contributed by atoms with van der Waals surface area (Å²) in [4.78, 5) is 17.0. The van der Waals surface area contributed by atoms with E-state index in [2.05, 4.69) is 4.98 Å². The van der Waals surface area contributed by atoms with Gasteiger partial charge in [0.05, 0.1) is 5.56 Å². The van der Waals surface area contributed by atoms with Gasteiger partial charge in [-0.1, -0.05) is 0 Å². The van der Waals surface area contributed by atoms with Gasteiger partial charge < -0.3 is 9.64 Å². The number of Topliss-reactive ketones (excluding diaryl/α,β-unsaturated/α-hetero) is 1. The molecule has 0 amide bonds. The molecule has 1 aromatic heterocycles. The van der Waals surface area contributed by atoms with Gasteiger partial charge in [0.1, 0.15) is 17.7 Å². The van der Waals surface area contributed by atoms with Crippen molar-refractivity contribution in [3.05, 3.63) is 53.7 Å². The maximum absolute atomic E-state index is 12.6. The molecule has 29 heavy (non-hydrogen) atoms. The molecule has 1 fully saturated rings. The smallest absolute Gasteiger partial charge is 0.454 e. The number of benzene rings is 1. The average Bonchev–Trinajstić information content (AvgIpc) is 2.67. The van der Waals surface area contributed by atoms with Crippen LogP contribution in [-0.4, -0.2) is 36.1 Å². The Labute approximate surface area is 162 Å². The highest BCUT2D eigenvalue weighted by atomic mass is 19.4. The van der Waals surface area contributed by atoms with Crippen molar-refractivity contribution >= 4 is 11.6 Å². The molecule has 0 spiro atoms. The molecular weight excluding hydrogens is 402 g/mol. The van der Waals surface area contributed by atoms with Crippen molar-refractivity contribution in [3.63, 3.8) is 0 Å². The highest BCUT2D eigenvalue weighted by molar-refractivity contribution is 6.00. The lowest BCUT2D eigenvalue weighted by atomic mass is 10.1. The summed E-state index contributed by atoms with van der Waals surface area (Å²) in [5.74, 6) is -1.17. The van der Waals surface area contributed by atoms with Crippen LogP contribution in [0.3, 0.4) is 0 Å². The lowest BCUT2D eigenvalue weighted by molar-refractivity contribution is -0.137. The Morgan fingerprint density at radius 3 is 2.07 bits per heavy atom. The van der Waals surface area contributed by atoms with Gasteiger partial charge in [-0.3, -0.25) is 4.79 Å². The minimum atomic E-state index is -4.95. The summed E-state index contributed by atoms with van der Waals surface area (Å²) in [6.07, 6.45) is -7.53. The van der Waals surface area contributed by atoms with Crippen LogP contribution < -0.4 is 9.64 Å². The second-order valence-electron chi connectivity index (χ2n) is 6.56. The van der Waals surface area contributed by atoms with Gasteiger partial charge in [0.15, 0.2) is 0 Å². The molecule has 10 heteroatoms. The Morgan fingerprint density at radius 1 is 0.966 bits per heavy atom. The fraction of sp³-hybridized carbons (Fsp3) is 0.368. The number of anilines is 1. The molecule has 0 unspecified atom stereocenters. The maximum Gasteiger partial charge on any atom is 0.454 e. The molecule has 156 valence electrons. The Morgan fingerprint density at radius 2 is 1.59 bits per heavy atom. The van der Waals surface area contributed by atoms with E-state index in [0.717, 1.165) is 24.4 Å². The van der Waals surface area contributed by atoms with Crippen LogP contribution in [0.4, 0.5) is 32.2 Å². The van der Waals surface area contributed by atoms with Crippen LogP contribution >= 0.6 is 0 Å². The predicted molar refractivity (Wildman–Crippen MR) is 91.9 cm³/mol. The van der Waals surface area contributed by atoms with Crippen molar-refractivity contribution in [1.29, 1.82) is 0 Å². The topological polar surface area (TPSA) is 42.4 Å². The Kier molecular flexibility index (Phi) is 5.72. The van der Waals surface area contributed by atoms with Crippen LogP contribution in [0.2, 0.25) is 0 Å². The van der Waals surface area contributed by atoms with Gasteiger partial charge in [-0.25, -0.2) is 4.98 Å². The number of pyridine rings is 1. The molecule has 1 aliphatic rings. The second-order valence-corrected chi connectivity index (χ2v) is 6.56. The summed E-state index contributed by atoms with van der Waals surface area (Å²) in [6.45, 7) is 1.01. The number of halogens is 6. The molecule has 1 aromatic carbocycles. The number of rotatable bonds is 4. The third kappa shape index (κ3) is 5.18. The van der Waals surface area contributed by atoms with Gasteiger partial charge in [0.2, 0.25) is 0 Å². The lowest BCUT2D eigenvalue weighted by Gasteiger charge is -2.33. The monoisotopic (exact) mass is 418 g/mol. The first-order chi connectivity index (χ1) is 13.5. The zero-order valence-corrected chi connectivity index (χ0v) is 14.9. The highest BCUT2D eigenvalue weighted by Gasteiger charge is 2.39. The van der Waals surface area contributed by atoms with Crippen LogP contribution in [0.15, 0.2) is 42.6 Å². The average molecular weight is 418 g/mol. The fourth-order valence-corrected chi connectivity index (χ4v) is 2.99. The van der Waals surface area contributed by atoms with Crippen LogP contribution in [0.25, 0.3) is 0 Å². The third-order valence-electron chi connectivity index (χ3n) is 4.52.